The maximum Gasteiger partial charge on any atom is 0.101 e. The second-order valence-electron chi connectivity index (χ2n) is 2.53. The van der Waals surface area contributed by atoms with Gasteiger partial charge in [0, 0.05) is 24.4 Å². The van der Waals surface area contributed by atoms with Crippen molar-refractivity contribution in [2.24, 2.45) is 0 Å². The lowest BCUT2D eigenvalue weighted by Crippen LogP contribution is -1.72. The van der Waals surface area contributed by atoms with E-state index in [4.69, 9.17) is 5.26 Å². The van der Waals surface area contributed by atoms with Gasteiger partial charge in [-0.05, 0) is 28.1 Å². The second kappa shape index (κ2) is 3.41. The van der Waals surface area contributed by atoms with E-state index >= 15 is 0 Å². The molecule has 1 aromatic heterocycles. The van der Waals surface area contributed by atoms with Crippen molar-refractivity contribution in [2.75, 3.05) is 0 Å². The lowest BCUT2D eigenvalue weighted by atomic mass is 10.2. The van der Waals surface area contributed by atoms with Crippen molar-refractivity contribution in [1.82, 2.24) is 0 Å². The Labute approximate surface area is 96.2 Å². The number of rotatable bonds is 0. The van der Waals surface area contributed by atoms with Gasteiger partial charge in [-0.1, -0.05) is 15.9 Å². The number of benzene rings is 1. The fourth-order valence-corrected chi connectivity index (χ4v) is 3.54. The molecule has 0 unspecified atom stereocenters. The molecule has 0 radical (unpaired) electrons. The predicted molar refractivity (Wildman–Crippen MR) is 61.9 cm³/mol. The van der Waals surface area contributed by atoms with Crippen molar-refractivity contribution in [1.29, 1.82) is 5.26 Å². The minimum atomic E-state index is 0.738. The van der Waals surface area contributed by atoms with Crippen LogP contribution >= 0.6 is 43.2 Å². The largest absolute Gasteiger partial charge is 0.192 e. The first-order chi connectivity index (χ1) is 6.22. The number of nitriles is 1. The molecule has 0 amide bonds. The van der Waals surface area contributed by atoms with E-state index in [2.05, 4.69) is 37.9 Å². The standard InChI is InChI=1S/C9H3Br2NS/c10-6-1-7-5(3-12)4-13-9(7)8(11)2-6/h1-2,4H. The zero-order valence-corrected chi connectivity index (χ0v) is 10.3. The van der Waals surface area contributed by atoms with E-state index < -0.39 is 0 Å². The lowest BCUT2D eigenvalue weighted by Gasteiger charge is -1.95. The average Bonchev–Trinajstić information content (AvgIpc) is 2.47. The van der Waals surface area contributed by atoms with E-state index in [0.29, 0.717) is 0 Å². The molecule has 0 saturated carbocycles. The highest BCUT2D eigenvalue weighted by atomic mass is 79.9. The summed E-state index contributed by atoms with van der Waals surface area (Å²) >= 11 is 8.44. The predicted octanol–water partition coefficient (Wildman–Crippen LogP) is 4.30. The fraction of sp³-hybridized carbons (Fsp3) is 0. The van der Waals surface area contributed by atoms with E-state index in [1.165, 1.54) is 0 Å². The number of hydrogen-bond donors (Lipinski definition) is 0. The first-order valence-electron chi connectivity index (χ1n) is 3.48. The van der Waals surface area contributed by atoms with Crippen molar-refractivity contribution in [3.05, 3.63) is 32.0 Å². The summed E-state index contributed by atoms with van der Waals surface area (Å²) in [6.45, 7) is 0. The highest BCUT2D eigenvalue weighted by Gasteiger charge is 2.07. The third-order valence-electron chi connectivity index (χ3n) is 1.71. The first kappa shape index (κ1) is 9.20. The molecule has 1 heterocycles. The summed E-state index contributed by atoms with van der Waals surface area (Å²) in [4.78, 5) is 0. The first-order valence-corrected chi connectivity index (χ1v) is 5.95. The molecule has 1 nitrogen and oxygen atoms in total. The van der Waals surface area contributed by atoms with Crippen LogP contribution in [0.3, 0.4) is 0 Å². The van der Waals surface area contributed by atoms with E-state index in [-0.39, 0.29) is 0 Å². The topological polar surface area (TPSA) is 23.8 Å². The molecular weight excluding hydrogens is 314 g/mol. The molecule has 0 aliphatic carbocycles. The molecule has 0 saturated heterocycles. The van der Waals surface area contributed by atoms with E-state index in [1.807, 2.05) is 17.5 Å². The molecule has 0 atom stereocenters. The van der Waals surface area contributed by atoms with Gasteiger partial charge in [-0.25, -0.2) is 0 Å². The van der Waals surface area contributed by atoms with Gasteiger partial charge in [0.1, 0.15) is 6.07 Å². The van der Waals surface area contributed by atoms with Crippen LogP contribution in [-0.4, -0.2) is 0 Å². The summed E-state index contributed by atoms with van der Waals surface area (Å²) in [7, 11) is 0. The molecule has 0 N–H and O–H groups in total. The van der Waals surface area contributed by atoms with Gasteiger partial charge in [-0.15, -0.1) is 11.3 Å². The van der Waals surface area contributed by atoms with Gasteiger partial charge in [0.05, 0.1) is 5.56 Å². The second-order valence-corrected chi connectivity index (χ2v) is 5.18. The van der Waals surface area contributed by atoms with Gasteiger partial charge in [0.25, 0.3) is 0 Å². The highest BCUT2D eigenvalue weighted by Crippen LogP contribution is 2.34. The van der Waals surface area contributed by atoms with Gasteiger partial charge in [-0.2, -0.15) is 5.26 Å². The quantitative estimate of drug-likeness (QED) is 0.711. The Kier molecular flexibility index (Phi) is 2.41. The Morgan fingerprint density at radius 1 is 1.31 bits per heavy atom. The molecular formula is C9H3Br2NS. The van der Waals surface area contributed by atoms with Crippen LogP contribution in [-0.2, 0) is 0 Å². The minimum absolute atomic E-state index is 0.738. The molecule has 0 aliphatic rings. The van der Waals surface area contributed by atoms with E-state index in [1.54, 1.807) is 11.3 Å². The zero-order valence-electron chi connectivity index (χ0n) is 6.34. The zero-order chi connectivity index (χ0) is 9.42. The Balaban J connectivity index is 2.92. The van der Waals surface area contributed by atoms with Crippen molar-refractivity contribution in [3.8, 4) is 6.07 Å². The SMILES string of the molecule is N#Cc1csc2c(Br)cc(Br)cc12. The van der Waals surface area contributed by atoms with Crippen LogP contribution in [0.1, 0.15) is 5.56 Å². The summed E-state index contributed by atoms with van der Waals surface area (Å²) in [5, 5.41) is 11.7. The van der Waals surface area contributed by atoms with Crippen molar-refractivity contribution in [3.63, 3.8) is 0 Å². The van der Waals surface area contributed by atoms with Crippen molar-refractivity contribution < 1.29 is 0 Å². The maximum absolute atomic E-state index is 8.83. The number of nitrogens with zero attached hydrogens (tertiary/aromatic N) is 1. The molecule has 2 aromatic rings. The van der Waals surface area contributed by atoms with Crippen molar-refractivity contribution in [2.45, 2.75) is 0 Å². The number of halogens is 2. The van der Waals surface area contributed by atoms with Gasteiger partial charge < -0.3 is 0 Å². The summed E-state index contributed by atoms with van der Waals surface area (Å²) in [5.41, 5.74) is 0.738. The molecule has 13 heavy (non-hydrogen) atoms. The highest BCUT2D eigenvalue weighted by molar-refractivity contribution is 9.11. The average molecular weight is 317 g/mol. The third-order valence-corrected chi connectivity index (χ3v) is 4.09. The van der Waals surface area contributed by atoms with Crippen LogP contribution in [0.4, 0.5) is 0 Å². The molecule has 1 aromatic carbocycles. The van der Waals surface area contributed by atoms with E-state index in [0.717, 1.165) is 24.6 Å². The van der Waals surface area contributed by atoms with E-state index in [9.17, 15) is 0 Å². The molecule has 0 spiro atoms. The van der Waals surface area contributed by atoms with Gasteiger partial charge >= 0.3 is 0 Å². The molecule has 4 heteroatoms. The smallest absolute Gasteiger partial charge is 0.101 e. The van der Waals surface area contributed by atoms with Crippen molar-refractivity contribution >= 4 is 53.3 Å². The lowest BCUT2D eigenvalue weighted by molar-refractivity contribution is 1.51. The van der Waals surface area contributed by atoms with Crippen LogP contribution in [0.2, 0.25) is 0 Å². The summed E-state index contributed by atoms with van der Waals surface area (Å²) in [5.74, 6) is 0. The van der Waals surface area contributed by atoms with Crippen LogP contribution in [0, 0.1) is 11.3 Å². The number of fused-ring (bicyclic) bond motifs is 1. The Morgan fingerprint density at radius 2 is 2.08 bits per heavy atom. The molecule has 0 fully saturated rings. The van der Waals surface area contributed by atoms with Crippen LogP contribution in [0.5, 0.6) is 0 Å². The van der Waals surface area contributed by atoms with Gasteiger partial charge in [0.15, 0.2) is 0 Å². The summed E-state index contributed by atoms with van der Waals surface area (Å²) in [6, 6.07) is 6.13. The molecule has 2 rings (SSSR count). The minimum Gasteiger partial charge on any atom is -0.192 e. The summed E-state index contributed by atoms with van der Waals surface area (Å²) in [6.07, 6.45) is 0. The van der Waals surface area contributed by atoms with Gasteiger partial charge in [-0.3, -0.25) is 0 Å². The fourth-order valence-electron chi connectivity index (χ4n) is 1.15. The third kappa shape index (κ3) is 1.52. The van der Waals surface area contributed by atoms with Crippen LogP contribution < -0.4 is 0 Å². The Bertz CT molecular complexity index is 510. The van der Waals surface area contributed by atoms with Crippen LogP contribution in [0.15, 0.2) is 26.5 Å². The molecule has 0 aliphatic heterocycles. The van der Waals surface area contributed by atoms with Crippen LogP contribution in [0.25, 0.3) is 10.1 Å². The molecule has 0 bridgehead atoms. The van der Waals surface area contributed by atoms with Gasteiger partial charge in [0.2, 0.25) is 0 Å². The Hall–Kier alpha value is -0.370. The monoisotopic (exact) mass is 315 g/mol. The number of thiophene rings is 1. The maximum atomic E-state index is 8.83. The Morgan fingerprint density at radius 3 is 2.77 bits per heavy atom. The normalized spacial score (nSPS) is 10.2. The number of hydrogen-bond acceptors (Lipinski definition) is 2. The summed E-state index contributed by atoms with van der Waals surface area (Å²) < 4.78 is 3.14. The molecule has 64 valence electrons.